The lowest BCUT2D eigenvalue weighted by atomic mass is 10.4. The molecule has 0 aliphatic carbocycles. The molecule has 0 aliphatic heterocycles. The van der Waals surface area contributed by atoms with Gasteiger partial charge in [-0.2, -0.15) is 0 Å². The predicted molar refractivity (Wildman–Crippen MR) is 40.9 cm³/mol. The van der Waals surface area contributed by atoms with Crippen LogP contribution in [0.1, 0.15) is 13.3 Å². The summed E-state index contributed by atoms with van der Waals surface area (Å²) in [5, 5.41) is 0. The number of hydrogen-bond acceptors (Lipinski definition) is 0. The van der Waals surface area contributed by atoms with Crippen molar-refractivity contribution in [2.45, 2.75) is 13.3 Å². The van der Waals surface area contributed by atoms with Gasteiger partial charge < -0.3 is 0 Å². The first-order chi connectivity index (χ1) is 3.91. The van der Waals surface area contributed by atoms with Crippen LogP contribution in [0.2, 0.25) is 0 Å². The standard InChI is InChI=1S/C6H10.C2H4/c1-3-5-6-4-2;1-2/h3,5-6H,1,4H2,2H3;1-2H2/b6-5-;. The molecular weight excluding hydrogens is 96.1 g/mol. The monoisotopic (exact) mass is 110 g/mol. The van der Waals surface area contributed by atoms with Crippen LogP contribution >= 0.6 is 0 Å². The summed E-state index contributed by atoms with van der Waals surface area (Å²) in [6.45, 7) is 11.6. The molecule has 0 fully saturated rings. The molecule has 0 rings (SSSR count). The first kappa shape index (κ1) is 10.3. The molecule has 0 radical (unpaired) electrons. The summed E-state index contributed by atoms with van der Waals surface area (Å²) >= 11 is 0. The minimum atomic E-state index is 1.10. The van der Waals surface area contributed by atoms with Gasteiger partial charge in [0.1, 0.15) is 0 Å². The van der Waals surface area contributed by atoms with E-state index in [9.17, 15) is 0 Å². The van der Waals surface area contributed by atoms with Gasteiger partial charge in [0.2, 0.25) is 0 Å². The highest BCUT2D eigenvalue weighted by atomic mass is 13.6. The largest absolute Gasteiger partial charge is 0.106 e. The molecule has 0 aliphatic rings. The van der Waals surface area contributed by atoms with E-state index < -0.39 is 0 Å². The van der Waals surface area contributed by atoms with E-state index in [0.29, 0.717) is 0 Å². The van der Waals surface area contributed by atoms with Gasteiger partial charge in [0.15, 0.2) is 0 Å². The SMILES string of the molecule is C=C.C=C/C=C\CC. The van der Waals surface area contributed by atoms with Gasteiger partial charge in [-0.3, -0.25) is 0 Å². The number of hydrogen-bond donors (Lipinski definition) is 0. The third kappa shape index (κ3) is 18.9. The lowest BCUT2D eigenvalue weighted by Crippen LogP contribution is -1.46. The fraction of sp³-hybridized carbons (Fsp3) is 0.250. The molecule has 0 spiro atoms. The normalized spacial score (nSPS) is 7.62. The van der Waals surface area contributed by atoms with Crippen LogP contribution in [0.4, 0.5) is 0 Å². The number of allylic oxidation sites excluding steroid dienone is 3. The van der Waals surface area contributed by atoms with Crippen LogP contribution in [0, 0.1) is 0 Å². The third-order valence-electron chi connectivity index (χ3n) is 0.508. The molecule has 8 heavy (non-hydrogen) atoms. The second-order valence-corrected chi connectivity index (χ2v) is 1.07. The Labute approximate surface area is 52.2 Å². The van der Waals surface area contributed by atoms with E-state index >= 15 is 0 Å². The summed E-state index contributed by atoms with van der Waals surface area (Å²) in [6.07, 6.45) is 6.89. The van der Waals surface area contributed by atoms with Crippen LogP contribution in [-0.4, -0.2) is 0 Å². The second kappa shape index (κ2) is 16.3. The van der Waals surface area contributed by atoms with Crippen molar-refractivity contribution in [1.82, 2.24) is 0 Å². The number of rotatable bonds is 2. The van der Waals surface area contributed by atoms with E-state index in [-0.39, 0.29) is 0 Å². The van der Waals surface area contributed by atoms with Crippen LogP contribution in [-0.2, 0) is 0 Å². The molecule has 0 aromatic heterocycles. The van der Waals surface area contributed by atoms with Gasteiger partial charge in [-0.05, 0) is 6.42 Å². The van der Waals surface area contributed by atoms with Gasteiger partial charge in [0.25, 0.3) is 0 Å². The van der Waals surface area contributed by atoms with Crippen molar-refractivity contribution in [3.05, 3.63) is 38.0 Å². The first-order valence-electron chi connectivity index (χ1n) is 2.69. The molecule has 0 aromatic rings. The molecule has 46 valence electrons. The molecule has 0 bridgehead atoms. The van der Waals surface area contributed by atoms with Crippen LogP contribution in [0.5, 0.6) is 0 Å². The van der Waals surface area contributed by atoms with Crippen LogP contribution < -0.4 is 0 Å². The zero-order valence-corrected chi connectivity index (χ0v) is 5.56. The predicted octanol–water partition coefficient (Wildman–Crippen LogP) is 2.94. The van der Waals surface area contributed by atoms with Gasteiger partial charge in [0.05, 0.1) is 0 Å². The quantitative estimate of drug-likeness (QED) is 0.378. The topological polar surface area (TPSA) is 0 Å². The van der Waals surface area contributed by atoms with Crippen LogP contribution in [0.3, 0.4) is 0 Å². The van der Waals surface area contributed by atoms with E-state index in [1.807, 2.05) is 6.08 Å². The molecule has 0 N–H and O–H groups in total. The summed E-state index contributed by atoms with van der Waals surface area (Å²) in [5.74, 6) is 0. The van der Waals surface area contributed by atoms with Crippen molar-refractivity contribution in [3.63, 3.8) is 0 Å². The second-order valence-electron chi connectivity index (χ2n) is 1.07. The van der Waals surface area contributed by atoms with Crippen molar-refractivity contribution in [3.8, 4) is 0 Å². The average molecular weight is 110 g/mol. The highest BCUT2D eigenvalue weighted by Gasteiger charge is 1.55. The average Bonchev–Trinajstić information content (AvgIpc) is 1.88. The maximum atomic E-state index is 3.51. The molecule has 0 aromatic carbocycles. The van der Waals surface area contributed by atoms with Gasteiger partial charge in [-0.25, -0.2) is 0 Å². The Hall–Kier alpha value is -0.780. The van der Waals surface area contributed by atoms with E-state index in [2.05, 4.69) is 32.7 Å². The van der Waals surface area contributed by atoms with Crippen LogP contribution in [0.25, 0.3) is 0 Å². The van der Waals surface area contributed by atoms with Crippen molar-refractivity contribution in [2.75, 3.05) is 0 Å². The minimum Gasteiger partial charge on any atom is -0.106 e. The van der Waals surface area contributed by atoms with E-state index in [1.165, 1.54) is 0 Å². The molecular formula is C8H14. The Morgan fingerprint density at radius 1 is 1.38 bits per heavy atom. The fourth-order valence-corrected chi connectivity index (χ4v) is 0.232. The summed E-state index contributed by atoms with van der Waals surface area (Å²) in [6, 6.07) is 0. The zero-order chi connectivity index (χ0) is 6.83. The molecule has 0 heteroatoms. The summed E-state index contributed by atoms with van der Waals surface area (Å²) in [4.78, 5) is 0. The summed E-state index contributed by atoms with van der Waals surface area (Å²) in [7, 11) is 0. The highest BCUT2D eigenvalue weighted by molar-refractivity contribution is 4.96. The van der Waals surface area contributed by atoms with Crippen LogP contribution in [0.15, 0.2) is 38.0 Å². The molecule has 0 heterocycles. The maximum Gasteiger partial charge on any atom is -0.0376 e. The fourth-order valence-electron chi connectivity index (χ4n) is 0.232. The lowest BCUT2D eigenvalue weighted by molar-refractivity contribution is 1.22. The molecule has 0 nitrogen and oxygen atoms in total. The van der Waals surface area contributed by atoms with E-state index in [4.69, 9.17) is 0 Å². The molecule has 0 saturated carbocycles. The van der Waals surface area contributed by atoms with Crippen molar-refractivity contribution in [2.24, 2.45) is 0 Å². The Balaban J connectivity index is 0. The molecule has 0 unspecified atom stereocenters. The maximum absolute atomic E-state index is 3.51. The molecule has 0 saturated heterocycles. The minimum absolute atomic E-state index is 1.10. The van der Waals surface area contributed by atoms with Crippen molar-refractivity contribution < 1.29 is 0 Å². The van der Waals surface area contributed by atoms with Gasteiger partial charge >= 0.3 is 0 Å². The summed E-state index contributed by atoms with van der Waals surface area (Å²) < 4.78 is 0. The van der Waals surface area contributed by atoms with Crippen molar-refractivity contribution >= 4 is 0 Å². The van der Waals surface area contributed by atoms with E-state index in [1.54, 1.807) is 6.08 Å². The third-order valence-corrected chi connectivity index (χ3v) is 0.508. The summed E-state index contributed by atoms with van der Waals surface area (Å²) in [5.41, 5.74) is 0. The highest BCUT2D eigenvalue weighted by Crippen LogP contribution is 1.76. The van der Waals surface area contributed by atoms with Gasteiger partial charge in [-0.15, -0.1) is 13.2 Å². The van der Waals surface area contributed by atoms with E-state index in [0.717, 1.165) is 6.42 Å². The molecule has 0 amide bonds. The first-order valence-corrected chi connectivity index (χ1v) is 2.69. The molecule has 0 atom stereocenters. The van der Waals surface area contributed by atoms with Gasteiger partial charge in [-0.1, -0.05) is 31.7 Å². The Morgan fingerprint density at radius 2 is 1.88 bits per heavy atom. The Bertz CT molecular complexity index is 60.4. The lowest BCUT2D eigenvalue weighted by Gasteiger charge is -1.67. The smallest absolute Gasteiger partial charge is 0.0376 e. The Morgan fingerprint density at radius 3 is 2.00 bits per heavy atom. The Kier molecular flexibility index (Phi) is 20.9. The van der Waals surface area contributed by atoms with Crippen molar-refractivity contribution in [1.29, 1.82) is 0 Å². The zero-order valence-electron chi connectivity index (χ0n) is 5.56. The van der Waals surface area contributed by atoms with Gasteiger partial charge in [0, 0.05) is 0 Å².